The summed E-state index contributed by atoms with van der Waals surface area (Å²) >= 11 is 0. The van der Waals surface area contributed by atoms with Crippen LogP contribution >= 0.6 is 0 Å². The Morgan fingerprint density at radius 2 is 1.00 bits per heavy atom. The van der Waals surface area contributed by atoms with Gasteiger partial charge in [0.1, 0.15) is 0 Å². The van der Waals surface area contributed by atoms with Gasteiger partial charge in [-0.15, -0.1) is 0 Å². The van der Waals surface area contributed by atoms with Gasteiger partial charge in [0.25, 0.3) is 0 Å². The van der Waals surface area contributed by atoms with Gasteiger partial charge in [-0.25, -0.2) is 0 Å². The fourth-order valence-electron chi connectivity index (χ4n) is 1.99. The van der Waals surface area contributed by atoms with E-state index in [4.69, 9.17) is 0 Å². The molecule has 0 aromatic heterocycles. The first-order valence-electron chi connectivity index (χ1n) is 7.01. The first kappa shape index (κ1) is 14.0. The van der Waals surface area contributed by atoms with Crippen LogP contribution in [0.4, 0.5) is 11.4 Å². The fourth-order valence-corrected chi connectivity index (χ4v) is 1.99. The molecule has 0 radical (unpaired) electrons. The highest BCUT2D eigenvalue weighted by Crippen LogP contribution is 2.13. The van der Waals surface area contributed by atoms with Gasteiger partial charge in [-0.05, 0) is 38.1 Å². The molecule has 0 atom stereocenters. The summed E-state index contributed by atoms with van der Waals surface area (Å²) < 4.78 is 0. The van der Waals surface area contributed by atoms with Crippen LogP contribution < -0.4 is 9.80 Å². The maximum absolute atomic E-state index is 3.24. The van der Waals surface area contributed by atoms with E-state index < -0.39 is 0 Å². The minimum absolute atomic E-state index is 0.864. The summed E-state index contributed by atoms with van der Waals surface area (Å²) in [6.45, 7) is 5.95. The normalized spacial score (nSPS) is 9.50. The molecule has 0 saturated carbocycles. The quantitative estimate of drug-likeness (QED) is 0.609. The van der Waals surface area contributed by atoms with E-state index in [9.17, 15) is 0 Å². The van der Waals surface area contributed by atoms with Crippen LogP contribution in [0, 0.1) is 12.1 Å². The predicted octanol–water partition coefficient (Wildman–Crippen LogP) is 3.96. The van der Waals surface area contributed by atoms with Gasteiger partial charge in [-0.3, -0.25) is 0 Å². The molecule has 20 heavy (non-hydrogen) atoms. The second-order valence-corrected chi connectivity index (χ2v) is 4.38. The summed E-state index contributed by atoms with van der Waals surface area (Å²) in [6, 6.07) is 27.0. The van der Waals surface area contributed by atoms with Crippen molar-refractivity contribution >= 4 is 11.4 Å². The third kappa shape index (κ3) is 3.55. The van der Waals surface area contributed by atoms with Crippen LogP contribution in [0.15, 0.2) is 60.7 Å². The monoisotopic (exact) mass is 264 g/mol. The summed E-state index contributed by atoms with van der Waals surface area (Å²) in [5, 5.41) is 0. The van der Waals surface area contributed by atoms with Gasteiger partial charge >= 0.3 is 0 Å². The van der Waals surface area contributed by atoms with E-state index in [1.54, 1.807) is 0 Å². The van der Waals surface area contributed by atoms with Crippen LogP contribution in [0.1, 0.15) is 13.8 Å². The molecule has 2 rings (SSSR count). The number of nitrogens with zero attached hydrogens (tertiary/aromatic N) is 2. The highest BCUT2D eigenvalue weighted by molar-refractivity contribution is 5.55. The van der Waals surface area contributed by atoms with Crippen molar-refractivity contribution in [1.82, 2.24) is 0 Å². The molecular formula is C18H20N2. The third-order valence-electron chi connectivity index (χ3n) is 3.09. The number of rotatable bonds is 4. The predicted molar refractivity (Wildman–Crippen MR) is 86.7 cm³/mol. The summed E-state index contributed by atoms with van der Waals surface area (Å²) in [5.74, 6) is 0. The second kappa shape index (κ2) is 7.25. The molecule has 0 heterocycles. The van der Waals surface area contributed by atoms with E-state index in [0.29, 0.717) is 0 Å². The van der Waals surface area contributed by atoms with Gasteiger partial charge in [-0.2, -0.15) is 0 Å². The minimum atomic E-state index is 0.864. The lowest BCUT2D eigenvalue weighted by Crippen LogP contribution is -2.20. The SMILES string of the molecule is CCN(C#CN(CC)c1ccccc1)c1ccccc1. The molecule has 0 saturated heterocycles. The van der Waals surface area contributed by atoms with Gasteiger partial charge in [0, 0.05) is 36.6 Å². The van der Waals surface area contributed by atoms with E-state index in [-0.39, 0.29) is 0 Å². The van der Waals surface area contributed by atoms with Gasteiger partial charge in [0.15, 0.2) is 0 Å². The van der Waals surface area contributed by atoms with Crippen LogP contribution in [0.2, 0.25) is 0 Å². The molecule has 0 aliphatic heterocycles. The standard InChI is InChI=1S/C18H20N2/c1-3-19(17-11-7-5-8-12-17)15-16-20(4-2)18-13-9-6-10-14-18/h5-14H,3-4H2,1-2H3. The third-order valence-corrected chi connectivity index (χ3v) is 3.09. The molecule has 0 fully saturated rings. The summed E-state index contributed by atoms with van der Waals surface area (Å²) in [6.07, 6.45) is 0. The minimum Gasteiger partial charge on any atom is -0.300 e. The lowest BCUT2D eigenvalue weighted by Gasteiger charge is -2.18. The molecule has 0 aliphatic carbocycles. The highest BCUT2D eigenvalue weighted by Gasteiger charge is 2.01. The molecule has 0 unspecified atom stereocenters. The number of hydrogen-bond donors (Lipinski definition) is 0. The van der Waals surface area contributed by atoms with Crippen molar-refractivity contribution in [2.75, 3.05) is 22.9 Å². The summed E-state index contributed by atoms with van der Waals surface area (Å²) in [5.41, 5.74) is 2.26. The zero-order valence-corrected chi connectivity index (χ0v) is 12.1. The topological polar surface area (TPSA) is 6.48 Å². The Hall–Kier alpha value is -2.40. The first-order valence-corrected chi connectivity index (χ1v) is 7.01. The van der Waals surface area contributed by atoms with Crippen molar-refractivity contribution in [3.63, 3.8) is 0 Å². The Kier molecular flexibility index (Phi) is 5.08. The summed E-state index contributed by atoms with van der Waals surface area (Å²) in [4.78, 5) is 4.12. The van der Waals surface area contributed by atoms with Crippen molar-refractivity contribution in [1.29, 1.82) is 0 Å². The number of hydrogen-bond acceptors (Lipinski definition) is 2. The molecule has 0 N–H and O–H groups in total. The smallest absolute Gasteiger partial charge is 0.0489 e. The molecule has 102 valence electrons. The lowest BCUT2D eigenvalue weighted by atomic mass is 10.3. The molecule has 0 amide bonds. The summed E-state index contributed by atoms with van der Waals surface area (Å²) in [7, 11) is 0. The van der Waals surface area contributed by atoms with Crippen LogP contribution in [0.25, 0.3) is 0 Å². The van der Waals surface area contributed by atoms with Crippen molar-refractivity contribution in [2.45, 2.75) is 13.8 Å². The molecule has 2 heteroatoms. The van der Waals surface area contributed by atoms with Crippen LogP contribution in [0.3, 0.4) is 0 Å². The Bertz CT molecular complexity index is 515. The Balaban J connectivity index is 2.19. The van der Waals surface area contributed by atoms with Crippen molar-refractivity contribution < 1.29 is 0 Å². The van der Waals surface area contributed by atoms with Gasteiger partial charge in [0.05, 0.1) is 0 Å². The lowest BCUT2D eigenvalue weighted by molar-refractivity contribution is 1.02. The molecular weight excluding hydrogens is 244 g/mol. The molecule has 2 aromatic rings. The van der Waals surface area contributed by atoms with E-state index in [1.165, 1.54) is 0 Å². The molecule has 2 aromatic carbocycles. The van der Waals surface area contributed by atoms with E-state index in [0.717, 1.165) is 24.5 Å². The average molecular weight is 264 g/mol. The van der Waals surface area contributed by atoms with Crippen LogP contribution in [0.5, 0.6) is 0 Å². The van der Waals surface area contributed by atoms with Crippen molar-refractivity contribution in [3.05, 3.63) is 60.7 Å². The molecule has 0 spiro atoms. The highest BCUT2D eigenvalue weighted by atomic mass is 15.1. The van der Waals surface area contributed by atoms with Crippen molar-refractivity contribution in [3.8, 4) is 12.1 Å². The number of benzene rings is 2. The molecule has 0 bridgehead atoms. The Labute approximate surface area is 121 Å². The van der Waals surface area contributed by atoms with Crippen LogP contribution in [-0.2, 0) is 0 Å². The van der Waals surface area contributed by atoms with Crippen molar-refractivity contribution in [2.24, 2.45) is 0 Å². The Morgan fingerprint density at radius 3 is 1.30 bits per heavy atom. The van der Waals surface area contributed by atoms with Gasteiger partial charge in [-0.1, -0.05) is 36.4 Å². The zero-order chi connectivity index (χ0) is 14.2. The van der Waals surface area contributed by atoms with Gasteiger partial charge in [0.2, 0.25) is 0 Å². The second-order valence-electron chi connectivity index (χ2n) is 4.38. The first-order chi connectivity index (χ1) is 9.85. The zero-order valence-electron chi connectivity index (χ0n) is 12.1. The van der Waals surface area contributed by atoms with E-state index in [2.05, 4.69) is 60.0 Å². The maximum atomic E-state index is 3.24. The van der Waals surface area contributed by atoms with Gasteiger partial charge < -0.3 is 9.80 Å². The van der Waals surface area contributed by atoms with Crippen LogP contribution in [-0.4, -0.2) is 13.1 Å². The van der Waals surface area contributed by atoms with E-state index in [1.807, 2.05) is 36.4 Å². The fraction of sp³-hybridized carbons (Fsp3) is 0.222. The number of anilines is 2. The molecule has 0 aliphatic rings. The molecule has 2 nitrogen and oxygen atoms in total. The van der Waals surface area contributed by atoms with E-state index >= 15 is 0 Å². The Morgan fingerprint density at radius 1 is 0.650 bits per heavy atom. The number of para-hydroxylation sites is 2. The maximum Gasteiger partial charge on any atom is 0.0489 e. The largest absolute Gasteiger partial charge is 0.300 e. The average Bonchev–Trinajstić information content (AvgIpc) is 2.53.